The van der Waals surface area contributed by atoms with Crippen molar-refractivity contribution in [1.29, 1.82) is 0 Å². The molecule has 0 unspecified atom stereocenters. The molecule has 0 saturated carbocycles. The maximum absolute atomic E-state index is 13.1. The quantitative estimate of drug-likeness (QED) is 0.806. The second-order valence-corrected chi connectivity index (χ2v) is 7.24. The van der Waals surface area contributed by atoms with Gasteiger partial charge in [-0.1, -0.05) is 0 Å². The first-order chi connectivity index (χ1) is 10.5. The SMILES string of the molecule is CS(=O)(=O)N1CCN(C(=O)c2ccc(N)cc2C(F)(F)F)CC1. The molecule has 1 saturated heterocycles. The number of benzene rings is 1. The summed E-state index contributed by atoms with van der Waals surface area (Å²) in [5.74, 6) is -0.787. The molecule has 2 N–H and O–H groups in total. The van der Waals surface area contributed by atoms with Gasteiger partial charge in [0.25, 0.3) is 5.91 Å². The van der Waals surface area contributed by atoms with Gasteiger partial charge in [0.15, 0.2) is 0 Å². The number of carbonyl (C=O) groups is 1. The zero-order valence-electron chi connectivity index (χ0n) is 12.3. The van der Waals surface area contributed by atoms with Crippen LogP contribution in [-0.4, -0.2) is 56.0 Å². The number of hydrogen-bond acceptors (Lipinski definition) is 4. The molecule has 0 aliphatic carbocycles. The van der Waals surface area contributed by atoms with Crippen molar-refractivity contribution in [2.75, 3.05) is 38.2 Å². The van der Waals surface area contributed by atoms with Gasteiger partial charge in [0, 0.05) is 31.9 Å². The van der Waals surface area contributed by atoms with E-state index in [9.17, 15) is 26.4 Å². The van der Waals surface area contributed by atoms with E-state index in [0.717, 1.165) is 18.4 Å². The van der Waals surface area contributed by atoms with Crippen molar-refractivity contribution in [3.8, 4) is 0 Å². The molecule has 0 spiro atoms. The third-order valence-corrected chi connectivity index (χ3v) is 4.88. The normalized spacial score (nSPS) is 17.3. The van der Waals surface area contributed by atoms with Crippen LogP contribution in [0, 0.1) is 0 Å². The van der Waals surface area contributed by atoms with Crippen LogP contribution >= 0.6 is 0 Å². The minimum Gasteiger partial charge on any atom is -0.399 e. The Kier molecular flexibility index (Phi) is 4.58. The molecule has 23 heavy (non-hydrogen) atoms. The molecule has 2 rings (SSSR count). The Morgan fingerprint density at radius 2 is 1.74 bits per heavy atom. The highest BCUT2D eigenvalue weighted by atomic mass is 32.2. The first kappa shape index (κ1) is 17.5. The highest BCUT2D eigenvalue weighted by Crippen LogP contribution is 2.34. The van der Waals surface area contributed by atoms with Crippen molar-refractivity contribution in [3.63, 3.8) is 0 Å². The largest absolute Gasteiger partial charge is 0.417 e. The number of halogens is 3. The van der Waals surface area contributed by atoms with Crippen LogP contribution in [0.25, 0.3) is 0 Å². The summed E-state index contributed by atoms with van der Waals surface area (Å²) >= 11 is 0. The number of rotatable bonds is 2. The van der Waals surface area contributed by atoms with Gasteiger partial charge in [-0.25, -0.2) is 8.42 Å². The van der Waals surface area contributed by atoms with Crippen LogP contribution in [0.2, 0.25) is 0 Å². The van der Waals surface area contributed by atoms with Gasteiger partial charge < -0.3 is 10.6 Å². The van der Waals surface area contributed by atoms with Crippen LogP contribution in [-0.2, 0) is 16.2 Å². The van der Waals surface area contributed by atoms with E-state index in [0.29, 0.717) is 0 Å². The lowest BCUT2D eigenvalue weighted by Gasteiger charge is -2.33. The maximum atomic E-state index is 13.1. The lowest BCUT2D eigenvalue weighted by molar-refractivity contribution is -0.138. The molecule has 1 amide bonds. The number of alkyl halides is 3. The summed E-state index contributed by atoms with van der Waals surface area (Å²) in [7, 11) is -3.38. The van der Waals surface area contributed by atoms with Crippen LogP contribution in [0.3, 0.4) is 0 Å². The van der Waals surface area contributed by atoms with Crippen molar-refractivity contribution in [2.24, 2.45) is 0 Å². The van der Waals surface area contributed by atoms with E-state index in [2.05, 4.69) is 0 Å². The Balaban J connectivity index is 2.23. The van der Waals surface area contributed by atoms with Gasteiger partial charge in [0.1, 0.15) is 0 Å². The zero-order valence-corrected chi connectivity index (χ0v) is 13.1. The summed E-state index contributed by atoms with van der Waals surface area (Å²) < 4.78 is 63.2. The van der Waals surface area contributed by atoms with Crippen molar-refractivity contribution in [1.82, 2.24) is 9.21 Å². The summed E-state index contributed by atoms with van der Waals surface area (Å²) in [5.41, 5.74) is 3.71. The predicted molar refractivity (Wildman–Crippen MR) is 78.2 cm³/mol. The lowest BCUT2D eigenvalue weighted by Crippen LogP contribution is -2.50. The van der Waals surface area contributed by atoms with Gasteiger partial charge in [0.2, 0.25) is 10.0 Å². The standard InChI is InChI=1S/C13H16F3N3O3S/c1-23(21,22)19-6-4-18(5-7-19)12(20)10-3-2-9(17)8-11(10)13(14,15)16/h2-3,8H,4-7,17H2,1H3. The molecule has 10 heteroatoms. The average Bonchev–Trinajstić information content (AvgIpc) is 2.45. The number of carbonyl (C=O) groups excluding carboxylic acids is 1. The van der Waals surface area contributed by atoms with Crippen LogP contribution in [0.15, 0.2) is 18.2 Å². The Morgan fingerprint density at radius 3 is 2.22 bits per heavy atom. The first-order valence-electron chi connectivity index (χ1n) is 6.71. The fourth-order valence-electron chi connectivity index (χ4n) is 2.38. The highest BCUT2D eigenvalue weighted by Gasteiger charge is 2.37. The van der Waals surface area contributed by atoms with E-state index in [1.807, 2.05) is 0 Å². The topological polar surface area (TPSA) is 83.7 Å². The lowest BCUT2D eigenvalue weighted by atomic mass is 10.0. The number of anilines is 1. The summed E-state index contributed by atoms with van der Waals surface area (Å²) in [6, 6.07) is 3.00. The van der Waals surface area contributed by atoms with E-state index in [1.165, 1.54) is 15.3 Å². The molecular formula is C13H16F3N3O3S. The molecule has 1 aromatic rings. The molecule has 1 aliphatic heterocycles. The van der Waals surface area contributed by atoms with Crippen LogP contribution in [0.4, 0.5) is 18.9 Å². The third-order valence-electron chi connectivity index (χ3n) is 3.57. The summed E-state index contributed by atoms with van der Waals surface area (Å²) in [5, 5.41) is 0. The molecule has 0 aromatic heterocycles. The fourth-order valence-corrected chi connectivity index (χ4v) is 3.20. The molecule has 6 nitrogen and oxygen atoms in total. The van der Waals surface area contributed by atoms with E-state index in [-0.39, 0.29) is 31.9 Å². The molecule has 1 fully saturated rings. The maximum Gasteiger partial charge on any atom is 0.417 e. The number of piperazine rings is 1. The average molecular weight is 351 g/mol. The molecule has 0 bridgehead atoms. The van der Waals surface area contributed by atoms with E-state index < -0.39 is 33.2 Å². The Morgan fingerprint density at radius 1 is 1.17 bits per heavy atom. The Labute approximate surface area is 131 Å². The van der Waals surface area contributed by atoms with Gasteiger partial charge in [-0.2, -0.15) is 17.5 Å². The van der Waals surface area contributed by atoms with Gasteiger partial charge >= 0.3 is 6.18 Å². The molecule has 1 heterocycles. The monoisotopic (exact) mass is 351 g/mol. The van der Waals surface area contributed by atoms with Gasteiger partial charge in [0.05, 0.1) is 17.4 Å². The van der Waals surface area contributed by atoms with Crippen molar-refractivity contribution >= 4 is 21.6 Å². The number of amides is 1. The summed E-state index contributed by atoms with van der Waals surface area (Å²) in [6.45, 7) is 0.183. The second kappa shape index (κ2) is 6.00. The van der Waals surface area contributed by atoms with Crippen LogP contribution < -0.4 is 5.73 Å². The van der Waals surface area contributed by atoms with Gasteiger partial charge in [-0.15, -0.1) is 0 Å². The Bertz CT molecular complexity index is 711. The minimum absolute atomic E-state index is 0.0353. The van der Waals surface area contributed by atoms with E-state index >= 15 is 0 Å². The zero-order chi connectivity index (χ0) is 17.4. The van der Waals surface area contributed by atoms with Crippen molar-refractivity contribution in [3.05, 3.63) is 29.3 Å². The predicted octanol–water partition coefficient (Wildman–Crippen LogP) is 1.01. The molecule has 0 atom stereocenters. The molecule has 1 aliphatic rings. The van der Waals surface area contributed by atoms with E-state index in [1.54, 1.807) is 0 Å². The fraction of sp³-hybridized carbons (Fsp3) is 0.462. The van der Waals surface area contributed by atoms with Gasteiger partial charge in [-0.05, 0) is 18.2 Å². The smallest absolute Gasteiger partial charge is 0.399 e. The summed E-state index contributed by atoms with van der Waals surface area (Å²) in [4.78, 5) is 13.6. The van der Waals surface area contributed by atoms with Crippen molar-refractivity contribution in [2.45, 2.75) is 6.18 Å². The molecule has 1 aromatic carbocycles. The summed E-state index contributed by atoms with van der Waals surface area (Å²) in [6.07, 6.45) is -3.65. The number of nitrogens with zero attached hydrogens (tertiary/aromatic N) is 2. The number of sulfonamides is 1. The molecular weight excluding hydrogens is 335 g/mol. The molecule has 128 valence electrons. The third kappa shape index (κ3) is 3.94. The molecule has 0 radical (unpaired) electrons. The number of nitrogen functional groups attached to an aromatic ring is 1. The van der Waals surface area contributed by atoms with Crippen molar-refractivity contribution < 1.29 is 26.4 Å². The minimum atomic E-state index is -4.70. The Hall–Kier alpha value is -1.81. The highest BCUT2D eigenvalue weighted by molar-refractivity contribution is 7.88. The number of nitrogens with two attached hydrogens (primary N) is 1. The van der Waals surface area contributed by atoms with Crippen LogP contribution in [0.1, 0.15) is 15.9 Å². The second-order valence-electron chi connectivity index (χ2n) is 5.26. The first-order valence-corrected chi connectivity index (χ1v) is 8.56. The van der Waals surface area contributed by atoms with Gasteiger partial charge in [-0.3, -0.25) is 4.79 Å². The number of hydrogen-bond donors (Lipinski definition) is 1. The van der Waals surface area contributed by atoms with Crippen LogP contribution in [0.5, 0.6) is 0 Å². The van der Waals surface area contributed by atoms with E-state index in [4.69, 9.17) is 5.73 Å².